The van der Waals surface area contributed by atoms with Gasteiger partial charge in [0, 0.05) is 24.7 Å². The summed E-state index contributed by atoms with van der Waals surface area (Å²) in [5.41, 5.74) is 14.0. The van der Waals surface area contributed by atoms with Gasteiger partial charge in [-0.1, -0.05) is 285 Å². The van der Waals surface area contributed by atoms with Crippen molar-refractivity contribution < 1.29 is 43.0 Å². The van der Waals surface area contributed by atoms with Gasteiger partial charge in [-0.15, -0.1) is 0 Å². The predicted octanol–water partition coefficient (Wildman–Crippen LogP) is 15.6. The number of nitrogens with two attached hydrogens (primary N) is 2. The fourth-order valence-corrected chi connectivity index (χ4v) is 12.8. The van der Waals surface area contributed by atoms with E-state index in [1.807, 2.05) is 11.9 Å². The zero-order chi connectivity index (χ0) is 72.1. The van der Waals surface area contributed by atoms with Gasteiger partial charge in [-0.2, -0.15) is 9.97 Å². The summed E-state index contributed by atoms with van der Waals surface area (Å²) >= 11 is 0. The molecule has 21 nitrogen and oxygen atoms in total. The fraction of sp³-hybridized carbons (Fsp3) is 0.756. The van der Waals surface area contributed by atoms with Gasteiger partial charge in [-0.3, -0.25) is 24.0 Å². The first-order chi connectivity index (χ1) is 48.1. The molecule has 0 radical (unpaired) electrons. The highest BCUT2D eigenvalue weighted by atomic mass is 16.5. The van der Waals surface area contributed by atoms with Crippen molar-refractivity contribution in [2.24, 2.45) is 0 Å². The van der Waals surface area contributed by atoms with Gasteiger partial charge >= 0.3 is 11.9 Å². The summed E-state index contributed by atoms with van der Waals surface area (Å²) in [4.78, 5) is 118. The minimum absolute atomic E-state index is 0.00563. The topological polar surface area (TPSA) is 305 Å². The number of rotatable bonds is 61. The van der Waals surface area contributed by atoms with Crippen LogP contribution in [0.2, 0.25) is 0 Å². The van der Waals surface area contributed by atoms with Gasteiger partial charge in [-0.25, -0.2) is 19.6 Å². The summed E-state index contributed by atoms with van der Waals surface area (Å²) in [7, 11) is 4.46. The van der Waals surface area contributed by atoms with Gasteiger partial charge in [0.1, 0.15) is 30.2 Å². The van der Waals surface area contributed by atoms with Gasteiger partial charge in [0.25, 0.3) is 5.91 Å². The fourth-order valence-electron chi connectivity index (χ4n) is 12.8. The quantitative estimate of drug-likeness (QED) is 0.0204. The molecule has 2 aromatic heterocycles. The molecule has 5 atom stereocenters. The molecule has 9 N–H and O–H groups in total. The Balaban J connectivity index is 1.93. The van der Waals surface area contributed by atoms with Crippen LogP contribution in [-0.4, -0.2) is 113 Å². The van der Waals surface area contributed by atoms with Crippen molar-refractivity contribution in [2.75, 3.05) is 37.6 Å². The van der Waals surface area contributed by atoms with Gasteiger partial charge in [0.15, 0.2) is 17.0 Å². The number of amides is 5. The third-order valence-electron chi connectivity index (χ3n) is 19.0. The molecule has 99 heavy (non-hydrogen) atoms. The molecule has 0 saturated carbocycles. The molecule has 0 aliphatic carbocycles. The third-order valence-corrected chi connectivity index (χ3v) is 19.0. The van der Waals surface area contributed by atoms with Gasteiger partial charge < -0.3 is 52.4 Å². The number of hydrogen-bond acceptors (Lipinski definition) is 16. The van der Waals surface area contributed by atoms with Crippen molar-refractivity contribution in [3.05, 3.63) is 41.7 Å². The number of hydrogen-bond donors (Lipinski definition) is 7. The van der Waals surface area contributed by atoms with Crippen LogP contribution in [0, 0.1) is 0 Å². The second kappa shape index (κ2) is 55.1. The van der Waals surface area contributed by atoms with E-state index in [0.717, 1.165) is 102 Å². The standard InChI is InChI=1S/C78H134N12O9/c1-8-12-16-20-24-28-32-36-40-44-48-63(73(93)86-66(76(96)98-6)50-46-42-38-34-30-26-22-18-14-10-3)83-68(91)57-56-65(84-72(92)60-52-54-62(55-53-60)90(5)59-61-58-81-71-69(82-61)70(79)88-78(80)89-71)75(95)85-64(49-45-41-37-33-29-25-21-17-13-9-2)74(94)87-67(77(97)99-7)51-47-43-39-35-31-27-23-19-15-11-4/h52-55,58,63-67H,8-51,56-57,59H2,1-7H3,(H,83,91)(H,84,92)(H,85,95)(H,86,93)(H,87,94)(H4,79,80,81,88,89)/t63-,64-,65-,66-,67-/m0/s1. The van der Waals surface area contributed by atoms with E-state index in [9.17, 15) is 33.6 Å². The van der Waals surface area contributed by atoms with Crippen LogP contribution in [0.25, 0.3) is 11.2 Å². The Labute approximate surface area is 596 Å². The summed E-state index contributed by atoms with van der Waals surface area (Å²) in [6, 6.07) is 1.49. The molecular weight excluding hydrogens is 1250 g/mol. The van der Waals surface area contributed by atoms with Crippen LogP contribution in [0.5, 0.6) is 0 Å². The summed E-state index contributed by atoms with van der Waals surface area (Å²) < 4.78 is 10.4. The predicted molar refractivity (Wildman–Crippen MR) is 401 cm³/mol. The van der Waals surface area contributed by atoms with Gasteiger partial charge in [0.2, 0.25) is 29.6 Å². The van der Waals surface area contributed by atoms with E-state index < -0.39 is 71.7 Å². The highest BCUT2D eigenvalue weighted by Crippen LogP contribution is 2.22. The first-order valence-corrected chi connectivity index (χ1v) is 39.1. The van der Waals surface area contributed by atoms with Crippen LogP contribution < -0.4 is 43.0 Å². The van der Waals surface area contributed by atoms with Crippen LogP contribution in [-0.2, 0) is 44.8 Å². The van der Waals surface area contributed by atoms with Crippen molar-refractivity contribution >= 4 is 70.1 Å². The van der Waals surface area contributed by atoms with Crippen molar-refractivity contribution in [3.63, 3.8) is 0 Å². The van der Waals surface area contributed by atoms with Crippen LogP contribution in [0.15, 0.2) is 30.5 Å². The number of nitrogen functional groups attached to an aromatic ring is 2. The zero-order valence-electron chi connectivity index (χ0n) is 62.6. The van der Waals surface area contributed by atoms with Crippen LogP contribution in [0.1, 0.15) is 339 Å². The molecule has 3 aromatic rings. The Morgan fingerprint density at radius 3 is 1.12 bits per heavy atom. The summed E-state index contributed by atoms with van der Waals surface area (Å²) in [6.45, 7) is 9.17. The molecule has 0 saturated heterocycles. The molecule has 0 aliphatic rings. The normalized spacial score (nSPS) is 12.8. The van der Waals surface area contributed by atoms with Crippen LogP contribution >= 0.6 is 0 Å². The second-order valence-corrected chi connectivity index (χ2v) is 27.7. The van der Waals surface area contributed by atoms with Gasteiger partial charge in [-0.05, 0) is 56.4 Å². The molecule has 5 amide bonds. The number of aromatic nitrogens is 4. The molecule has 21 heteroatoms. The Morgan fingerprint density at radius 2 is 0.747 bits per heavy atom. The molecule has 2 heterocycles. The monoisotopic (exact) mass is 1380 g/mol. The zero-order valence-corrected chi connectivity index (χ0v) is 62.6. The first kappa shape index (κ1) is 86.6. The summed E-state index contributed by atoms with van der Waals surface area (Å²) in [5, 5.41) is 14.7. The molecule has 3 rings (SSSR count). The van der Waals surface area contributed by atoms with Gasteiger partial charge in [0.05, 0.1) is 32.7 Å². The SMILES string of the molecule is CCCCCCCCCCCC[C@H](NC(=O)CC[C@H](NC(=O)c1ccc(N(C)Cc2cnc3nc(N)nc(N)c3n2)cc1)C(=O)N[C@@H](CCCCCCCCCCCC)C(=O)N[C@@H](CCCCCCCCCCCC)C(=O)OC)C(=O)N[C@@H](CCCCCCCCCCCC)C(=O)OC. The highest BCUT2D eigenvalue weighted by molar-refractivity contribution is 5.99. The smallest absolute Gasteiger partial charge is 0.328 e. The summed E-state index contributed by atoms with van der Waals surface area (Å²) in [5.74, 6) is -3.88. The number of esters is 2. The number of benzene rings is 1. The molecule has 0 aliphatic heterocycles. The Kier molecular flexibility index (Phi) is 48.1. The van der Waals surface area contributed by atoms with E-state index in [2.05, 4.69) is 74.2 Å². The lowest BCUT2D eigenvalue weighted by Crippen LogP contribution is -2.56. The van der Waals surface area contributed by atoms with E-state index in [4.69, 9.17) is 20.9 Å². The average molecular weight is 1380 g/mol. The highest BCUT2D eigenvalue weighted by Gasteiger charge is 2.32. The number of carbonyl (C=O) groups excluding carboxylic acids is 7. The van der Waals surface area contributed by atoms with E-state index in [1.54, 1.807) is 30.5 Å². The number of anilines is 3. The number of nitrogens with one attached hydrogen (secondary N) is 5. The first-order valence-electron chi connectivity index (χ1n) is 39.1. The van der Waals surface area contributed by atoms with Crippen molar-refractivity contribution in [3.8, 4) is 0 Å². The average Bonchev–Trinajstić information content (AvgIpc) is 0.814. The lowest BCUT2D eigenvalue weighted by atomic mass is 10.0. The minimum Gasteiger partial charge on any atom is -0.467 e. The Bertz CT molecular complexity index is 2700. The maximum Gasteiger partial charge on any atom is 0.328 e. The molecule has 0 fully saturated rings. The number of nitrogens with zero attached hydrogens (tertiary/aromatic N) is 5. The van der Waals surface area contributed by atoms with Crippen LogP contribution in [0.3, 0.4) is 0 Å². The van der Waals surface area contributed by atoms with E-state index in [-0.39, 0.29) is 42.2 Å². The van der Waals surface area contributed by atoms with E-state index in [0.29, 0.717) is 56.3 Å². The maximum atomic E-state index is 15.0. The van der Waals surface area contributed by atoms with Crippen molar-refractivity contribution in [1.82, 2.24) is 46.5 Å². The number of carbonyl (C=O) groups is 7. The second-order valence-electron chi connectivity index (χ2n) is 27.7. The van der Waals surface area contributed by atoms with Crippen molar-refractivity contribution in [2.45, 2.75) is 360 Å². The molecule has 1 aromatic carbocycles. The largest absolute Gasteiger partial charge is 0.467 e. The Hall–Kier alpha value is -6.67. The van der Waals surface area contributed by atoms with Crippen LogP contribution in [0.4, 0.5) is 17.5 Å². The maximum absolute atomic E-state index is 15.0. The number of fused-ring (bicyclic) bond motifs is 1. The number of methoxy groups -OCH3 is 2. The third kappa shape index (κ3) is 38.6. The lowest BCUT2D eigenvalue weighted by molar-refractivity contribution is -0.146. The minimum atomic E-state index is -1.34. The number of unbranched alkanes of at least 4 members (excludes halogenated alkanes) is 36. The molecule has 0 spiro atoms. The number of ether oxygens (including phenoxy) is 2. The lowest BCUT2D eigenvalue weighted by Gasteiger charge is -2.26. The molecule has 560 valence electrons. The van der Waals surface area contributed by atoms with Crippen molar-refractivity contribution in [1.29, 1.82) is 0 Å². The molecular formula is C78H134N12O9. The molecule has 0 unspecified atom stereocenters. The molecule has 0 bridgehead atoms. The van der Waals surface area contributed by atoms with E-state index in [1.165, 1.54) is 155 Å². The van der Waals surface area contributed by atoms with E-state index >= 15 is 0 Å². The summed E-state index contributed by atoms with van der Waals surface area (Å²) in [6.07, 6.45) is 46.2. The Morgan fingerprint density at radius 1 is 0.414 bits per heavy atom.